The van der Waals surface area contributed by atoms with Crippen LogP contribution in [-0.2, 0) is 0 Å². The van der Waals surface area contributed by atoms with Crippen molar-refractivity contribution in [3.05, 3.63) is 65.1 Å². The van der Waals surface area contributed by atoms with Crippen molar-refractivity contribution in [1.82, 2.24) is 9.97 Å². The number of hydrogen-bond donors (Lipinski definition) is 1. The van der Waals surface area contributed by atoms with Crippen LogP contribution >= 0.6 is 11.6 Å². The molecule has 0 aliphatic heterocycles. The van der Waals surface area contributed by atoms with E-state index in [-0.39, 0.29) is 16.8 Å². The highest BCUT2D eigenvalue weighted by Crippen LogP contribution is 2.24. The van der Waals surface area contributed by atoms with Crippen LogP contribution in [0.4, 0.5) is 5.69 Å². The van der Waals surface area contributed by atoms with Crippen molar-refractivity contribution in [2.24, 2.45) is 0 Å². The number of benzene rings is 1. The molecule has 0 atom stereocenters. The van der Waals surface area contributed by atoms with E-state index in [0.717, 1.165) is 16.5 Å². The third-order valence-corrected chi connectivity index (χ3v) is 3.38. The molecule has 0 unspecified atom stereocenters. The molecular formula is C16H12ClN3O. The number of carbonyl (C=O) groups excluding carboxylic acids is 1. The smallest absolute Gasteiger partial charge is 0.274 e. The lowest BCUT2D eigenvalue weighted by atomic mass is 10.1. The van der Waals surface area contributed by atoms with Crippen LogP contribution in [0.25, 0.3) is 10.9 Å². The van der Waals surface area contributed by atoms with Gasteiger partial charge in [-0.15, -0.1) is 0 Å². The van der Waals surface area contributed by atoms with Crippen molar-refractivity contribution < 1.29 is 4.79 Å². The summed E-state index contributed by atoms with van der Waals surface area (Å²) in [6.07, 6.45) is 1.74. The lowest BCUT2D eigenvalue weighted by Crippen LogP contribution is -2.14. The van der Waals surface area contributed by atoms with Gasteiger partial charge in [0.05, 0.1) is 11.2 Å². The van der Waals surface area contributed by atoms with E-state index in [0.29, 0.717) is 5.69 Å². The zero-order chi connectivity index (χ0) is 14.8. The number of aryl methyl sites for hydroxylation is 1. The number of anilines is 1. The summed E-state index contributed by atoms with van der Waals surface area (Å²) < 4.78 is 0. The van der Waals surface area contributed by atoms with Gasteiger partial charge in [0.1, 0.15) is 10.8 Å². The van der Waals surface area contributed by atoms with Gasteiger partial charge in [-0.05, 0) is 42.8 Å². The van der Waals surface area contributed by atoms with Crippen LogP contribution in [0.5, 0.6) is 0 Å². The van der Waals surface area contributed by atoms with Gasteiger partial charge in [-0.25, -0.2) is 4.98 Å². The minimum atomic E-state index is -0.300. The van der Waals surface area contributed by atoms with Crippen molar-refractivity contribution in [1.29, 1.82) is 0 Å². The van der Waals surface area contributed by atoms with E-state index in [9.17, 15) is 4.79 Å². The van der Waals surface area contributed by atoms with E-state index in [1.165, 1.54) is 0 Å². The number of nitrogens with zero attached hydrogens (tertiary/aromatic N) is 2. The Hall–Kier alpha value is -2.46. The summed E-state index contributed by atoms with van der Waals surface area (Å²) in [5.74, 6) is -0.300. The fourth-order valence-corrected chi connectivity index (χ4v) is 2.31. The van der Waals surface area contributed by atoms with Gasteiger partial charge in [0.25, 0.3) is 5.91 Å². The van der Waals surface area contributed by atoms with Crippen molar-refractivity contribution in [3.63, 3.8) is 0 Å². The number of nitrogens with one attached hydrogen (secondary N) is 1. The van der Waals surface area contributed by atoms with E-state index in [1.54, 1.807) is 24.4 Å². The number of fused-ring (bicyclic) bond motifs is 1. The third-order valence-electron chi connectivity index (χ3n) is 3.17. The summed E-state index contributed by atoms with van der Waals surface area (Å²) in [6.45, 7) is 1.99. The molecule has 0 aliphatic rings. The van der Waals surface area contributed by atoms with Gasteiger partial charge in [0, 0.05) is 11.6 Å². The molecule has 2 aromatic heterocycles. The van der Waals surface area contributed by atoms with E-state index in [1.807, 2.05) is 31.2 Å². The van der Waals surface area contributed by atoms with Crippen LogP contribution in [0.3, 0.4) is 0 Å². The van der Waals surface area contributed by atoms with Crippen molar-refractivity contribution in [2.45, 2.75) is 6.92 Å². The normalized spacial score (nSPS) is 10.6. The van der Waals surface area contributed by atoms with Gasteiger partial charge < -0.3 is 5.32 Å². The molecule has 1 N–H and O–H groups in total. The molecule has 1 amide bonds. The van der Waals surface area contributed by atoms with E-state index < -0.39 is 0 Å². The molecule has 0 aliphatic carbocycles. The van der Waals surface area contributed by atoms with Crippen molar-refractivity contribution in [2.75, 3.05) is 5.32 Å². The van der Waals surface area contributed by atoms with Crippen LogP contribution in [0.2, 0.25) is 5.15 Å². The molecule has 1 aromatic carbocycles. The predicted octanol–water partition coefficient (Wildman–Crippen LogP) is 3.84. The van der Waals surface area contributed by atoms with E-state index >= 15 is 0 Å². The number of rotatable bonds is 2. The molecule has 0 radical (unpaired) electrons. The average Bonchev–Trinajstić information content (AvgIpc) is 2.50. The molecule has 0 fully saturated rings. The summed E-state index contributed by atoms with van der Waals surface area (Å²) in [4.78, 5) is 20.6. The Kier molecular flexibility index (Phi) is 3.54. The van der Waals surface area contributed by atoms with Crippen molar-refractivity contribution >= 4 is 34.1 Å². The first-order valence-electron chi connectivity index (χ1n) is 6.43. The maximum atomic E-state index is 12.2. The van der Waals surface area contributed by atoms with Crippen LogP contribution in [0.15, 0.2) is 48.7 Å². The van der Waals surface area contributed by atoms with Crippen LogP contribution in [0.1, 0.15) is 16.1 Å². The molecule has 0 bridgehead atoms. The summed E-state index contributed by atoms with van der Waals surface area (Å²) in [5.41, 5.74) is 2.91. The van der Waals surface area contributed by atoms with Gasteiger partial charge in [0.15, 0.2) is 0 Å². The van der Waals surface area contributed by atoms with Gasteiger partial charge in [-0.3, -0.25) is 9.78 Å². The Morgan fingerprint density at radius 1 is 1.14 bits per heavy atom. The largest absolute Gasteiger partial charge is 0.320 e. The molecular weight excluding hydrogens is 286 g/mol. The molecule has 3 aromatic rings. The first kappa shape index (κ1) is 13.5. The van der Waals surface area contributed by atoms with Gasteiger partial charge >= 0.3 is 0 Å². The Bertz CT molecular complexity index is 833. The third kappa shape index (κ3) is 2.71. The van der Waals surface area contributed by atoms with Gasteiger partial charge in [-0.2, -0.15) is 0 Å². The van der Waals surface area contributed by atoms with Crippen LogP contribution in [-0.4, -0.2) is 15.9 Å². The SMILES string of the molecule is Cc1ccc(NC(=O)c2cccc(Cl)n2)c2cccnc12. The molecule has 2 heterocycles. The van der Waals surface area contributed by atoms with Crippen LogP contribution in [0, 0.1) is 6.92 Å². The first-order valence-corrected chi connectivity index (χ1v) is 6.81. The minimum absolute atomic E-state index is 0.278. The Labute approximate surface area is 126 Å². The topological polar surface area (TPSA) is 54.9 Å². The highest BCUT2D eigenvalue weighted by Gasteiger charge is 2.11. The number of hydrogen-bond acceptors (Lipinski definition) is 3. The fraction of sp³-hybridized carbons (Fsp3) is 0.0625. The molecule has 104 valence electrons. The van der Waals surface area contributed by atoms with Crippen LogP contribution < -0.4 is 5.32 Å². The summed E-state index contributed by atoms with van der Waals surface area (Å²) in [7, 11) is 0. The van der Waals surface area contributed by atoms with E-state index in [2.05, 4.69) is 15.3 Å². The Morgan fingerprint density at radius 2 is 2.00 bits per heavy atom. The van der Waals surface area contributed by atoms with Crippen molar-refractivity contribution in [3.8, 4) is 0 Å². The summed E-state index contributed by atoms with van der Waals surface area (Å²) >= 11 is 5.81. The molecule has 0 saturated carbocycles. The van der Waals surface area contributed by atoms with Gasteiger partial charge in [-0.1, -0.05) is 23.7 Å². The van der Waals surface area contributed by atoms with Gasteiger partial charge in [0.2, 0.25) is 0 Å². The van der Waals surface area contributed by atoms with E-state index in [4.69, 9.17) is 11.6 Å². The maximum absolute atomic E-state index is 12.2. The number of carbonyl (C=O) groups is 1. The second kappa shape index (κ2) is 5.50. The lowest BCUT2D eigenvalue weighted by Gasteiger charge is -2.09. The monoisotopic (exact) mass is 297 g/mol. The number of amides is 1. The molecule has 21 heavy (non-hydrogen) atoms. The lowest BCUT2D eigenvalue weighted by molar-refractivity contribution is 0.102. The quantitative estimate of drug-likeness (QED) is 0.731. The zero-order valence-electron chi connectivity index (χ0n) is 11.3. The molecule has 0 spiro atoms. The second-order valence-electron chi connectivity index (χ2n) is 4.63. The summed E-state index contributed by atoms with van der Waals surface area (Å²) in [5, 5.41) is 4.04. The highest BCUT2D eigenvalue weighted by molar-refractivity contribution is 6.29. The minimum Gasteiger partial charge on any atom is -0.320 e. The Morgan fingerprint density at radius 3 is 2.81 bits per heavy atom. The second-order valence-corrected chi connectivity index (χ2v) is 5.02. The molecule has 5 heteroatoms. The molecule has 4 nitrogen and oxygen atoms in total. The standard InChI is InChI=1S/C16H12ClN3O/c1-10-7-8-12(11-4-3-9-18-15(10)11)20-16(21)13-5-2-6-14(17)19-13/h2-9H,1H3,(H,20,21). The number of aromatic nitrogens is 2. The number of pyridine rings is 2. The summed E-state index contributed by atoms with van der Waals surface area (Å²) in [6, 6.07) is 12.5. The molecule has 0 saturated heterocycles. The predicted molar refractivity (Wildman–Crippen MR) is 83.7 cm³/mol. The Balaban J connectivity index is 1.99. The number of halogens is 1. The fourth-order valence-electron chi connectivity index (χ4n) is 2.14. The molecule has 3 rings (SSSR count). The zero-order valence-corrected chi connectivity index (χ0v) is 12.1. The average molecular weight is 298 g/mol. The first-order chi connectivity index (χ1) is 10.1. The highest BCUT2D eigenvalue weighted by atomic mass is 35.5. The maximum Gasteiger partial charge on any atom is 0.274 e.